The van der Waals surface area contributed by atoms with Crippen LogP contribution in [0.2, 0.25) is 0 Å². The zero-order valence-electron chi connectivity index (χ0n) is 31.3. The second-order valence-corrected chi connectivity index (χ2v) is 16.7. The number of likely N-dealkylation sites (N-methyl/N-ethyl adjacent to an activating group) is 1. The van der Waals surface area contributed by atoms with E-state index < -0.39 is 83.8 Å². The molecule has 15 nitrogen and oxygen atoms in total. The second-order valence-electron chi connectivity index (χ2n) is 15.5. The van der Waals surface area contributed by atoms with Gasteiger partial charge in [0.05, 0.1) is 6.10 Å². The van der Waals surface area contributed by atoms with Crippen molar-refractivity contribution in [3.8, 4) is 0 Å². The lowest BCUT2D eigenvalue weighted by atomic mass is 9.96. The van der Waals surface area contributed by atoms with Gasteiger partial charge in [0.1, 0.15) is 30.2 Å². The Morgan fingerprint density at radius 2 is 1.43 bits per heavy atom. The summed E-state index contributed by atoms with van der Waals surface area (Å²) < 4.78 is 6.01. The highest BCUT2D eigenvalue weighted by atomic mass is 79.9. The first kappa shape index (κ1) is 40.9. The average molecular weight is 785 g/mol. The first-order chi connectivity index (χ1) is 24.0. The molecule has 4 aliphatic heterocycles. The van der Waals surface area contributed by atoms with Crippen LogP contribution in [0.25, 0.3) is 0 Å². The lowest BCUT2D eigenvalue weighted by molar-refractivity contribution is -0.175. The molecule has 5 amide bonds. The van der Waals surface area contributed by atoms with Gasteiger partial charge in [-0.1, -0.05) is 70.8 Å². The number of amides is 5. The van der Waals surface area contributed by atoms with Gasteiger partial charge in [-0.25, -0.2) is 15.6 Å². The molecule has 4 saturated heterocycles. The van der Waals surface area contributed by atoms with Crippen LogP contribution in [-0.4, -0.2) is 134 Å². The molecule has 4 fully saturated rings. The summed E-state index contributed by atoms with van der Waals surface area (Å²) in [5.41, 5.74) is 5.96. The number of halogens is 1. The van der Waals surface area contributed by atoms with Gasteiger partial charge < -0.3 is 25.0 Å². The Kier molecular flexibility index (Phi) is 13.9. The number of aliphatic hydroxyl groups is 1. The zero-order chi connectivity index (χ0) is 37.9. The van der Waals surface area contributed by atoms with Crippen molar-refractivity contribution in [1.82, 2.24) is 36.0 Å². The van der Waals surface area contributed by atoms with Crippen LogP contribution >= 0.6 is 15.9 Å². The van der Waals surface area contributed by atoms with E-state index in [4.69, 9.17) is 4.74 Å². The van der Waals surface area contributed by atoms with Gasteiger partial charge in [-0.15, -0.1) is 0 Å². The second kappa shape index (κ2) is 17.3. The van der Waals surface area contributed by atoms with Crippen LogP contribution < -0.4 is 16.2 Å². The predicted octanol–water partition coefficient (Wildman–Crippen LogP) is 0.934. The number of β-amino-alcohol motifs (C(OH)–C–C–N with tert-alkyl or cyclic N) is 1. The van der Waals surface area contributed by atoms with Crippen LogP contribution in [0, 0.1) is 23.7 Å². The number of alkyl halides is 1. The lowest BCUT2D eigenvalue weighted by Gasteiger charge is -2.45. The van der Waals surface area contributed by atoms with Crippen molar-refractivity contribution in [2.75, 3.05) is 26.7 Å². The molecule has 51 heavy (non-hydrogen) atoms. The van der Waals surface area contributed by atoms with Crippen LogP contribution in [0.3, 0.4) is 0 Å². The van der Waals surface area contributed by atoms with E-state index in [1.54, 1.807) is 6.92 Å². The Morgan fingerprint density at radius 3 is 2.06 bits per heavy atom. The van der Waals surface area contributed by atoms with E-state index in [0.717, 1.165) is 0 Å². The monoisotopic (exact) mass is 783 g/mol. The largest absolute Gasteiger partial charge is 0.450 e. The molecule has 0 radical (unpaired) electrons. The number of nitrogens with zero attached hydrogens (tertiary/aromatic N) is 4. The van der Waals surface area contributed by atoms with Gasteiger partial charge in [0, 0.05) is 43.8 Å². The summed E-state index contributed by atoms with van der Waals surface area (Å²) in [6.07, 6.45) is -0.518. The molecule has 16 heteroatoms. The van der Waals surface area contributed by atoms with Crippen LogP contribution in [-0.2, 0) is 33.5 Å². The quantitative estimate of drug-likeness (QED) is 0.224. The Balaban J connectivity index is 1.86. The number of cyclic esters (lactones) is 1. The SMILES string of the molecule is CCC(C)[C@@H]1OC(=O)[C@@H](C(C)CC)NC(=O)[C@@H]2C[C@H](C)CN2C(=O)[C@@H](CC(C)C)N(C)C(=O)[C@@H]2C[C@H](O)CNN2C(=O)[C@H]2CC(Br)CNN2C1=O. The number of hydrogen-bond acceptors (Lipinski definition) is 10. The first-order valence-corrected chi connectivity index (χ1v) is 19.4. The molecule has 0 bridgehead atoms. The fourth-order valence-corrected chi connectivity index (χ4v) is 7.91. The number of hydrogen-bond donors (Lipinski definition) is 4. The van der Waals surface area contributed by atoms with Crippen LogP contribution in [0.5, 0.6) is 0 Å². The number of fused-ring (bicyclic) bond motifs is 3. The van der Waals surface area contributed by atoms with Gasteiger partial charge in [-0.05, 0) is 43.4 Å². The van der Waals surface area contributed by atoms with E-state index in [1.165, 1.54) is 26.9 Å². The topological polar surface area (TPSA) is 181 Å². The molecule has 0 spiro atoms. The molecule has 11 atom stereocenters. The maximum Gasteiger partial charge on any atom is 0.329 e. The molecular weight excluding hydrogens is 726 g/mol. The number of carbonyl (C=O) groups is 6. The highest BCUT2D eigenvalue weighted by Gasteiger charge is 2.49. The molecule has 4 N–H and O–H groups in total. The van der Waals surface area contributed by atoms with E-state index in [0.29, 0.717) is 25.8 Å². The molecule has 0 aromatic carbocycles. The van der Waals surface area contributed by atoms with Crippen molar-refractivity contribution in [2.24, 2.45) is 23.7 Å². The maximum absolute atomic E-state index is 14.5. The standard InChI is InChI=1S/C35H58BrN7O8/c1-9-20(6)28-35(50)51-29(21(7)10-2)34(49)43-26(13-22(36)15-37-43)33(48)42-27(14-23(44)16-38-42)31(46)40(8)25(11-18(3)4)32(47)41-17-19(5)12-24(41)30(45)39-28/h18-29,37-38,44H,9-17H2,1-8H3,(H,39,45)/t19-,20?,21?,22?,23-,24-,25+,26+,27-,28+,29-/m0/s1. The van der Waals surface area contributed by atoms with Crippen molar-refractivity contribution in [3.63, 3.8) is 0 Å². The van der Waals surface area contributed by atoms with Gasteiger partial charge in [0.15, 0.2) is 6.10 Å². The summed E-state index contributed by atoms with van der Waals surface area (Å²) in [5.74, 6) is -4.30. The molecule has 0 aromatic rings. The summed E-state index contributed by atoms with van der Waals surface area (Å²) in [4.78, 5) is 88.6. The number of ether oxygens (including phenoxy) is 1. The van der Waals surface area contributed by atoms with Crippen molar-refractivity contribution in [1.29, 1.82) is 0 Å². The third kappa shape index (κ3) is 9.05. The van der Waals surface area contributed by atoms with Gasteiger partial charge in [-0.3, -0.25) is 34.0 Å². The third-order valence-corrected chi connectivity index (χ3v) is 11.6. The Hall–Kier alpha value is -2.82. The molecule has 4 rings (SSSR count). The molecule has 0 aromatic heterocycles. The lowest BCUT2D eigenvalue weighted by Crippen LogP contribution is -2.70. The number of nitrogens with one attached hydrogen (secondary N) is 3. The van der Waals surface area contributed by atoms with Crippen LogP contribution in [0.1, 0.15) is 87.0 Å². The fourth-order valence-electron chi connectivity index (χ4n) is 7.41. The highest BCUT2D eigenvalue weighted by molar-refractivity contribution is 9.09. The van der Waals surface area contributed by atoms with E-state index in [9.17, 15) is 33.9 Å². The number of carbonyl (C=O) groups excluding carboxylic acids is 6. The third-order valence-electron chi connectivity index (χ3n) is 10.9. The molecule has 4 aliphatic rings. The number of esters is 1. The Morgan fingerprint density at radius 1 is 0.824 bits per heavy atom. The van der Waals surface area contributed by atoms with E-state index in [1.807, 2.05) is 41.5 Å². The minimum atomic E-state index is -1.29. The Bertz CT molecular complexity index is 1320. The molecule has 4 heterocycles. The molecule has 288 valence electrons. The van der Waals surface area contributed by atoms with Crippen LogP contribution in [0.4, 0.5) is 0 Å². The zero-order valence-corrected chi connectivity index (χ0v) is 32.8. The average Bonchev–Trinajstić information content (AvgIpc) is 3.50. The normalized spacial score (nSPS) is 34.7. The number of hydrazine groups is 2. The van der Waals surface area contributed by atoms with Crippen molar-refractivity contribution < 1.29 is 38.6 Å². The minimum Gasteiger partial charge on any atom is -0.450 e. The van der Waals surface area contributed by atoms with E-state index in [2.05, 4.69) is 32.1 Å². The number of rotatable bonds is 6. The van der Waals surface area contributed by atoms with Crippen LogP contribution in [0.15, 0.2) is 0 Å². The predicted molar refractivity (Wildman–Crippen MR) is 191 cm³/mol. The first-order valence-electron chi connectivity index (χ1n) is 18.5. The van der Waals surface area contributed by atoms with Gasteiger partial charge in [-0.2, -0.15) is 0 Å². The van der Waals surface area contributed by atoms with Crippen molar-refractivity contribution in [3.05, 3.63) is 0 Å². The minimum absolute atomic E-state index is 0.00795. The van der Waals surface area contributed by atoms with Gasteiger partial charge >= 0.3 is 5.97 Å². The summed E-state index contributed by atoms with van der Waals surface area (Å²) in [7, 11) is 1.52. The molecule has 0 saturated carbocycles. The summed E-state index contributed by atoms with van der Waals surface area (Å²) in [6.45, 7) is 13.7. The Labute approximate surface area is 309 Å². The number of aliphatic hydroxyl groups excluding tert-OH is 1. The smallest absolute Gasteiger partial charge is 0.329 e. The molecular formula is C35H58BrN7O8. The fraction of sp³-hybridized carbons (Fsp3) is 0.829. The highest BCUT2D eigenvalue weighted by Crippen LogP contribution is 2.30. The summed E-state index contributed by atoms with van der Waals surface area (Å²) >= 11 is 3.58. The molecule has 0 aliphatic carbocycles. The maximum atomic E-state index is 14.5. The van der Waals surface area contributed by atoms with Crippen molar-refractivity contribution in [2.45, 2.75) is 134 Å². The molecule has 3 unspecified atom stereocenters. The van der Waals surface area contributed by atoms with Crippen molar-refractivity contribution >= 4 is 51.4 Å². The van der Waals surface area contributed by atoms with E-state index in [-0.39, 0.29) is 54.9 Å². The van der Waals surface area contributed by atoms with E-state index >= 15 is 0 Å². The van der Waals surface area contributed by atoms with Gasteiger partial charge in [0.25, 0.3) is 11.8 Å². The van der Waals surface area contributed by atoms with Gasteiger partial charge in [0.2, 0.25) is 17.7 Å². The summed E-state index contributed by atoms with van der Waals surface area (Å²) in [5, 5.41) is 16.0. The summed E-state index contributed by atoms with van der Waals surface area (Å²) in [6, 6.07) is -5.29.